The van der Waals surface area contributed by atoms with Gasteiger partial charge in [-0.05, 0) is 110 Å². The van der Waals surface area contributed by atoms with Crippen molar-refractivity contribution in [1.29, 1.82) is 0 Å². The molecular formula is C44H66N8O3. The molecule has 6 rings (SSSR count). The Labute approximate surface area is 330 Å². The third-order valence-corrected chi connectivity index (χ3v) is 11.2. The van der Waals surface area contributed by atoms with Crippen LogP contribution in [0.2, 0.25) is 0 Å². The number of hydrogen-bond acceptors (Lipinski definition) is 8. The van der Waals surface area contributed by atoms with Gasteiger partial charge in [0.2, 0.25) is 17.7 Å². The third-order valence-electron chi connectivity index (χ3n) is 11.2. The van der Waals surface area contributed by atoms with Crippen LogP contribution in [0.5, 0.6) is 0 Å². The highest BCUT2D eigenvalue weighted by atomic mass is 16.2. The van der Waals surface area contributed by atoms with E-state index in [-0.39, 0.29) is 17.7 Å². The first-order valence-corrected chi connectivity index (χ1v) is 20.5. The fourth-order valence-corrected chi connectivity index (χ4v) is 7.40. The molecule has 6 heterocycles. The summed E-state index contributed by atoms with van der Waals surface area (Å²) >= 11 is 0. The van der Waals surface area contributed by atoms with Crippen molar-refractivity contribution in [3.8, 4) is 0 Å². The molecule has 0 aromatic carbocycles. The van der Waals surface area contributed by atoms with Crippen LogP contribution in [0.25, 0.3) is 0 Å². The molecule has 0 unspecified atom stereocenters. The molecule has 0 bridgehead atoms. The molecule has 0 spiro atoms. The topological polar surface area (TPSA) is 125 Å². The summed E-state index contributed by atoms with van der Waals surface area (Å²) in [5.74, 6) is 3.90. The van der Waals surface area contributed by atoms with Crippen molar-refractivity contribution in [1.82, 2.24) is 39.6 Å². The Morgan fingerprint density at radius 2 is 0.945 bits per heavy atom. The number of rotatable bonds is 9. The second kappa shape index (κ2) is 21.1. The normalized spacial score (nSPS) is 16.7. The lowest BCUT2D eigenvalue weighted by molar-refractivity contribution is -0.135. The molecule has 55 heavy (non-hydrogen) atoms. The average molecular weight is 755 g/mol. The highest BCUT2D eigenvalue weighted by Crippen LogP contribution is 2.24. The van der Waals surface area contributed by atoms with E-state index in [0.29, 0.717) is 35.5 Å². The SMILES string of the molecule is CC(=O)N1CC(Cc2cc(C(C)C)ncn2)C1.CC(=O)N1CCC(Cc2cc(C(C)C)ccn2)CC1.CC(=O)N1CCC(Cc2cc(C(C)C)ncn2)CC1. The van der Waals surface area contributed by atoms with Gasteiger partial charge >= 0.3 is 0 Å². The Hall–Kier alpha value is -4.28. The number of carbonyl (C=O) groups is 3. The summed E-state index contributed by atoms with van der Waals surface area (Å²) in [5.41, 5.74) is 7.01. The Morgan fingerprint density at radius 3 is 1.33 bits per heavy atom. The van der Waals surface area contributed by atoms with Gasteiger partial charge in [0.05, 0.1) is 0 Å². The monoisotopic (exact) mass is 755 g/mol. The van der Waals surface area contributed by atoms with Crippen LogP contribution < -0.4 is 0 Å². The van der Waals surface area contributed by atoms with E-state index >= 15 is 0 Å². The standard InChI is InChI=1S/C16H24N2O.C15H23N3O.C13H19N3O/c1-12(2)15-4-7-17-16(11-15)10-14-5-8-18(9-6-14)13(3)19;1-11(2)15-9-14(16-10-17-15)8-13-4-6-18(7-5-13)12(3)19;1-9(2)13-5-12(14-8-15-13)4-11-6-16(7-11)10(3)17/h4,7,11-12,14H,5-6,8-10H2,1-3H3;9-11,13H,4-8H2,1-3H3;5,8-9,11H,4,6-7H2,1-3H3. The maximum Gasteiger partial charge on any atom is 0.219 e. The van der Waals surface area contributed by atoms with E-state index in [1.165, 1.54) is 11.3 Å². The molecule has 300 valence electrons. The summed E-state index contributed by atoms with van der Waals surface area (Å²) in [7, 11) is 0. The molecule has 0 N–H and O–H groups in total. The molecule has 0 atom stereocenters. The largest absolute Gasteiger partial charge is 0.343 e. The number of aromatic nitrogens is 5. The van der Waals surface area contributed by atoms with Gasteiger partial charge in [0.25, 0.3) is 0 Å². The first kappa shape index (κ1) is 43.4. The molecule has 3 amide bonds. The fourth-order valence-electron chi connectivity index (χ4n) is 7.40. The van der Waals surface area contributed by atoms with Crippen molar-refractivity contribution < 1.29 is 14.4 Å². The first-order valence-electron chi connectivity index (χ1n) is 20.5. The number of likely N-dealkylation sites (tertiary alicyclic amines) is 3. The van der Waals surface area contributed by atoms with Crippen LogP contribution >= 0.6 is 0 Å². The van der Waals surface area contributed by atoms with Gasteiger partial charge in [-0.25, -0.2) is 19.9 Å². The molecule has 0 radical (unpaired) electrons. The van der Waals surface area contributed by atoms with Crippen molar-refractivity contribution in [2.75, 3.05) is 39.3 Å². The van der Waals surface area contributed by atoms with Crippen molar-refractivity contribution in [3.63, 3.8) is 0 Å². The van der Waals surface area contributed by atoms with Crippen molar-refractivity contribution in [2.24, 2.45) is 17.8 Å². The second-order valence-electron chi connectivity index (χ2n) is 16.7. The quantitative estimate of drug-likeness (QED) is 0.228. The molecule has 3 fully saturated rings. The summed E-state index contributed by atoms with van der Waals surface area (Å²) in [6, 6.07) is 8.55. The van der Waals surface area contributed by atoms with Crippen LogP contribution in [0.3, 0.4) is 0 Å². The molecule has 3 aromatic rings. The van der Waals surface area contributed by atoms with Gasteiger partial charge in [0.1, 0.15) is 12.7 Å². The van der Waals surface area contributed by atoms with Gasteiger partial charge in [0, 0.05) is 94.7 Å². The molecule has 3 aliphatic heterocycles. The molecule has 11 heteroatoms. The zero-order valence-electron chi connectivity index (χ0n) is 35.0. The minimum atomic E-state index is 0.173. The smallest absolute Gasteiger partial charge is 0.219 e. The Morgan fingerprint density at radius 1 is 0.545 bits per heavy atom. The summed E-state index contributed by atoms with van der Waals surface area (Å²) < 4.78 is 0. The number of nitrogens with zero attached hydrogens (tertiary/aromatic N) is 8. The van der Waals surface area contributed by atoms with E-state index in [9.17, 15) is 14.4 Å². The molecule has 3 saturated heterocycles. The lowest BCUT2D eigenvalue weighted by Gasteiger charge is -2.38. The molecule has 3 aliphatic rings. The first-order chi connectivity index (χ1) is 26.2. The van der Waals surface area contributed by atoms with Crippen LogP contribution in [-0.4, -0.2) is 96.6 Å². The molecule has 0 saturated carbocycles. The van der Waals surface area contributed by atoms with Crippen LogP contribution in [0.15, 0.2) is 43.1 Å². The number of amides is 3. The summed E-state index contributed by atoms with van der Waals surface area (Å²) in [6.45, 7) is 23.3. The number of piperidine rings is 2. The minimum absolute atomic E-state index is 0.173. The van der Waals surface area contributed by atoms with Crippen molar-refractivity contribution >= 4 is 17.7 Å². The van der Waals surface area contributed by atoms with Gasteiger partial charge in [-0.3, -0.25) is 19.4 Å². The number of pyridine rings is 1. The highest BCUT2D eigenvalue weighted by molar-refractivity contribution is 5.74. The lowest BCUT2D eigenvalue weighted by Crippen LogP contribution is -2.49. The van der Waals surface area contributed by atoms with Crippen LogP contribution in [0.4, 0.5) is 0 Å². The summed E-state index contributed by atoms with van der Waals surface area (Å²) in [5, 5.41) is 0. The summed E-state index contributed by atoms with van der Waals surface area (Å²) in [4.78, 5) is 61.1. The van der Waals surface area contributed by atoms with Gasteiger partial charge < -0.3 is 14.7 Å². The maximum absolute atomic E-state index is 11.3. The van der Waals surface area contributed by atoms with Gasteiger partial charge in [0.15, 0.2) is 0 Å². The van der Waals surface area contributed by atoms with E-state index in [4.69, 9.17) is 0 Å². The van der Waals surface area contributed by atoms with E-state index < -0.39 is 0 Å². The molecule has 0 aliphatic carbocycles. The Kier molecular flexibility index (Phi) is 16.7. The minimum Gasteiger partial charge on any atom is -0.343 e. The fraction of sp³-hybridized carbons (Fsp3) is 0.636. The summed E-state index contributed by atoms with van der Waals surface area (Å²) in [6.07, 6.45) is 12.6. The van der Waals surface area contributed by atoms with Gasteiger partial charge in [-0.15, -0.1) is 0 Å². The predicted octanol–water partition coefficient (Wildman–Crippen LogP) is 7.03. The van der Waals surface area contributed by atoms with Gasteiger partial charge in [-0.2, -0.15) is 0 Å². The number of carbonyl (C=O) groups excluding carboxylic acids is 3. The van der Waals surface area contributed by atoms with Crippen LogP contribution in [-0.2, 0) is 33.6 Å². The molecule has 3 aromatic heterocycles. The van der Waals surface area contributed by atoms with E-state index in [1.807, 2.05) is 20.9 Å². The van der Waals surface area contributed by atoms with E-state index in [0.717, 1.165) is 107 Å². The van der Waals surface area contributed by atoms with Crippen LogP contribution in [0, 0.1) is 17.8 Å². The predicted molar refractivity (Wildman–Crippen MR) is 217 cm³/mol. The lowest BCUT2D eigenvalue weighted by atomic mass is 9.91. The Balaban J connectivity index is 0.000000184. The van der Waals surface area contributed by atoms with Gasteiger partial charge in [-0.1, -0.05) is 41.5 Å². The Bertz CT molecular complexity index is 1590. The van der Waals surface area contributed by atoms with Crippen molar-refractivity contribution in [2.45, 2.75) is 125 Å². The maximum atomic E-state index is 11.3. The molecular weight excluding hydrogens is 689 g/mol. The second-order valence-corrected chi connectivity index (χ2v) is 16.7. The third kappa shape index (κ3) is 14.1. The van der Waals surface area contributed by atoms with E-state index in [1.54, 1.807) is 33.4 Å². The van der Waals surface area contributed by atoms with Crippen molar-refractivity contribution in [3.05, 3.63) is 77.2 Å². The van der Waals surface area contributed by atoms with Crippen LogP contribution in [0.1, 0.15) is 140 Å². The average Bonchev–Trinajstić information content (AvgIpc) is 3.14. The zero-order chi connectivity index (χ0) is 40.1. The zero-order valence-corrected chi connectivity index (χ0v) is 35.0. The molecule has 11 nitrogen and oxygen atoms in total. The van der Waals surface area contributed by atoms with E-state index in [2.05, 4.69) is 90.7 Å². The number of hydrogen-bond donors (Lipinski definition) is 0. The highest BCUT2D eigenvalue weighted by Gasteiger charge is 2.29.